The van der Waals surface area contributed by atoms with E-state index in [0.717, 1.165) is 31.1 Å². The first-order chi connectivity index (χ1) is 13.6. The SMILES string of the molecule is CCC[C@@H](C)[C@H]1CCC2[C@@H]3C(=O)C(C(C)O)[C@@H]4C[C@H](O)CC[C@]4(C)C3CC[C@@]21C. The van der Waals surface area contributed by atoms with Gasteiger partial charge in [-0.2, -0.15) is 0 Å². The van der Waals surface area contributed by atoms with E-state index in [1.807, 2.05) is 6.92 Å². The molecule has 0 amide bonds. The Labute approximate surface area is 178 Å². The van der Waals surface area contributed by atoms with Gasteiger partial charge in [-0.05, 0) is 92.3 Å². The highest BCUT2D eigenvalue weighted by atomic mass is 16.3. The highest BCUT2D eigenvalue weighted by Gasteiger charge is 2.65. The molecule has 166 valence electrons. The molecule has 4 unspecified atom stereocenters. The summed E-state index contributed by atoms with van der Waals surface area (Å²) in [6.07, 6.45) is 9.07. The number of hydrogen-bond donors (Lipinski definition) is 2. The zero-order chi connectivity index (χ0) is 21.1. The molecule has 4 saturated carbocycles. The second-order valence-electron chi connectivity index (χ2n) is 11.9. The topological polar surface area (TPSA) is 57.5 Å². The molecule has 0 bridgehead atoms. The maximum atomic E-state index is 14.0. The summed E-state index contributed by atoms with van der Waals surface area (Å²) in [5.74, 6) is 2.75. The lowest BCUT2D eigenvalue weighted by Crippen LogP contribution is -2.62. The van der Waals surface area contributed by atoms with Crippen molar-refractivity contribution < 1.29 is 15.0 Å². The summed E-state index contributed by atoms with van der Waals surface area (Å²) in [4.78, 5) is 14.0. The van der Waals surface area contributed by atoms with Crippen molar-refractivity contribution >= 4 is 5.78 Å². The van der Waals surface area contributed by atoms with Gasteiger partial charge in [-0.1, -0.05) is 40.5 Å². The van der Waals surface area contributed by atoms with Crippen molar-refractivity contribution in [1.29, 1.82) is 0 Å². The average molecular weight is 405 g/mol. The van der Waals surface area contributed by atoms with Gasteiger partial charge >= 0.3 is 0 Å². The van der Waals surface area contributed by atoms with Crippen molar-refractivity contribution in [3.63, 3.8) is 0 Å². The predicted octanol–water partition coefficient (Wildman–Crippen LogP) is 5.23. The molecular weight excluding hydrogens is 360 g/mol. The van der Waals surface area contributed by atoms with E-state index in [9.17, 15) is 15.0 Å². The van der Waals surface area contributed by atoms with Crippen LogP contribution in [-0.2, 0) is 4.79 Å². The molecule has 0 aromatic rings. The number of carbonyl (C=O) groups is 1. The van der Waals surface area contributed by atoms with Crippen LogP contribution in [0.25, 0.3) is 0 Å². The summed E-state index contributed by atoms with van der Waals surface area (Å²) in [5.41, 5.74) is 0.375. The van der Waals surface area contributed by atoms with Crippen LogP contribution in [0.5, 0.6) is 0 Å². The Morgan fingerprint density at radius 1 is 1.00 bits per heavy atom. The first-order valence-electron chi connectivity index (χ1n) is 12.5. The van der Waals surface area contributed by atoms with Gasteiger partial charge in [-0.25, -0.2) is 0 Å². The Morgan fingerprint density at radius 2 is 1.66 bits per heavy atom. The molecule has 2 N–H and O–H groups in total. The highest BCUT2D eigenvalue weighted by Crippen LogP contribution is 2.68. The molecule has 4 rings (SSSR count). The highest BCUT2D eigenvalue weighted by molar-refractivity contribution is 5.86. The van der Waals surface area contributed by atoms with E-state index in [1.54, 1.807) is 0 Å². The number of fused-ring (bicyclic) bond motifs is 5. The molecule has 29 heavy (non-hydrogen) atoms. The van der Waals surface area contributed by atoms with Crippen LogP contribution in [0.2, 0.25) is 0 Å². The molecule has 4 aliphatic rings. The van der Waals surface area contributed by atoms with Gasteiger partial charge in [-0.15, -0.1) is 0 Å². The van der Waals surface area contributed by atoms with Crippen molar-refractivity contribution in [2.24, 2.45) is 52.3 Å². The molecule has 4 fully saturated rings. The largest absolute Gasteiger partial charge is 0.393 e. The van der Waals surface area contributed by atoms with Gasteiger partial charge < -0.3 is 10.2 Å². The van der Waals surface area contributed by atoms with E-state index in [0.29, 0.717) is 24.0 Å². The number of ketones is 1. The Morgan fingerprint density at radius 3 is 2.31 bits per heavy atom. The monoisotopic (exact) mass is 404 g/mol. The molecule has 0 aliphatic heterocycles. The quantitative estimate of drug-likeness (QED) is 0.675. The molecule has 11 atom stereocenters. The van der Waals surface area contributed by atoms with Crippen LogP contribution in [0, 0.1) is 52.3 Å². The molecule has 0 heterocycles. The minimum atomic E-state index is -0.609. The molecule has 3 nitrogen and oxygen atoms in total. The van der Waals surface area contributed by atoms with Gasteiger partial charge in [0.15, 0.2) is 0 Å². The predicted molar refractivity (Wildman–Crippen MR) is 116 cm³/mol. The van der Waals surface area contributed by atoms with Crippen LogP contribution >= 0.6 is 0 Å². The number of carbonyl (C=O) groups excluding carboxylic acids is 1. The summed E-state index contributed by atoms with van der Waals surface area (Å²) in [6.45, 7) is 11.4. The van der Waals surface area contributed by atoms with Gasteiger partial charge in [-0.3, -0.25) is 4.79 Å². The Hall–Kier alpha value is -0.410. The van der Waals surface area contributed by atoms with Crippen molar-refractivity contribution in [3.8, 4) is 0 Å². The molecule has 0 radical (unpaired) electrons. The number of aliphatic hydroxyl groups excluding tert-OH is 2. The standard InChI is InChI=1S/C26H44O3/c1-6-7-15(2)18-8-9-19-23-20(11-13-25(18,19)4)26(5)12-10-17(28)14-21(26)22(16(3)27)24(23)29/h15-23,27-28H,6-14H2,1-5H3/t15-,16?,17-,18-,19?,20?,21+,22?,23+,25-,26-/m1/s1. The van der Waals surface area contributed by atoms with Gasteiger partial charge in [0.1, 0.15) is 5.78 Å². The first-order valence-corrected chi connectivity index (χ1v) is 12.5. The van der Waals surface area contributed by atoms with E-state index < -0.39 is 6.10 Å². The van der Waals surface area contributed by atoms with Crippen molar-refractivity contribution in [2.45, 2.75) is 105 Å². The second kappa shape index (κ2) is 7.62. The number of hydrogen-bond acceptors (Lipinski definition) is 3. The molecule has 4 aliphatic carbocycles. The number of aliphatic hydroxyl groups is 2. The van der Waals surface area contributed by atoms with E-state index in [1.165, 1.54) is 32.1 Å². The Bertz CT molecular complexity index is 629. The average Bonchev–Trinajstić information content (AvgIpc) is 3.00. The number of rotatable bonds is 4. The maximum Gasteiger partial charge on any atom is 0.142 e. The summed E-state index contributed by atoms with van der Waals surface area (Å²) in [6, 6.07) is 0. The van der Waals surface area contributed by atoms with Crippen LogP contribution in [-0.4, -0.2) is 28.2 Å². The first kappa shape index (κ1) is 21.8. The lowest BCUT2D eigenvalue weighted by molar-refractivity contribution is -0.181. The molecule has 0 spiro atoms. The van der Waals surface area contributed by atoms with Crippen LogP contribution < -0.4 is 0 Å². The number of Topliss-reactive ketones (excluding diaryl/α,β-unsaturated/α-hetero) is 1. The van der Waals surface area contributed by atoms with Gasteiger partial charge in [0, 0.05) is 11.8 Å². The zero-order valence-electron chi connectivity index (χ0n) is 19.4. The van der Waals surface area contributed by atoms with Gasteiger partial charge in [0.05, 0.1) is 12.2 Å². The zero-order valence-corrected chi connectivity index (χ0v) is 19.4. The van der Waals surface area contributed by atoms with E-state index in [-0.39, 0.29) is 34.7 Å². The van der Waals surface area contributed by atoms with Crippen LogP contribution in [0.4, 0.5) is 0 Å². The van der Waals surface area contributed by atoms with Crippen molar-refractivity contribution in [2.75, 3.05) is 0 Å². The van der Waals surface area contributed by atoms with Crippen molar-refractivity contribution in [3.05, 3.63) is 0 Å². The fourth-order valence-corrected chi connectivity index (χ4v) is 9.26. The van der Waals surface area contributed by atoms with Gasteiger partial charge in [0.2, 0.25) is 0 Å². The maximum absolute atomic E-state index is 14.0. The normalized spacial score (nSPS) is 51.7. The minimum absolute atomic E-state index is 0.0912. The fraction of sp³-hybridized carbons (Fsp3) is 0.962. The molecule has 0 saturated heterocycles. The summed E-state index contributed by atoms with van der Waals surface area (Å²) in [7, 11) is 0. The summed E-state index contributed by atoms with van der Waals surface area (Å²) >= 11 is 0. The Balaban J connectivity index is 1.70. The summed E-state index contributed by atoms with van der Waals surface area (Å²) < 4.78 is 0. The van der Waals surface area contributed by atoms with Crippen LogP contribution in [0.1, 0.15) is 92.4 Å². The molecule has 0 aromatic carbocycles. The van der Waals surface area contributed by atoms with Crippen LogP contribution in [0.15, 0.2) is 0 Å². The molecular formula is C26H44O3. The second-order valence-corrected chi connectivity index (χ2v) is 11.9. The third-order valence-electron chi connectivity index (χ3n) is 10.6. The smallest absolute Gasteiger partial charge is 0.142 e. The van der Waals surface area contributed by atoms with E-state index in [2.05, 4.69) is 27.7 Å². The van der Waals surface area contributed by atoms with E-state index in [4.69, 9.17) is 0 Å². The van der Waals surface area contributed by atoms with Crippen LogP contribution in [0.3, 0.4) is 0 Å². The lowest BCUT2D eigenvalue weighted by atomic mass is 9.41. The van der Waals surface area contributed by atoms with Crippen molar-refractivity contribution in [1.82, 2.24) is 0 Å². The minimum Gasteiger partial charge on any atom is -0.393 e. The van der Waals surface area contributed by atoms with E-state index >= 15 is 0 Å². The molecule has 3 heteroatoms. The molecule has 0 aromatic heterocycles. The van der Waals surface area contributed by atoms with Gasteiger partial charge in [0.25, 0.3) is 0 Å². The summed E-state index contributed by atoms with van der Waals surface area (Å²) in [5, 5.41) is 21.1. The third-order valence-corrected chi connectivity index (χ3v) is 10.6. The fourth-order valence-electron chi connectivity index (χ4n) is 9.26. The Kier molecular flexibility index (Phi) is 5.73. The third kappa shape index (κ3) is 3.16. The lowest BCUT2D eigenvalue weighted by Gasteiger charge is -2.62.